The van der Waals surface area contributed by atoms with Crippen molar-refractivity contribution in [2.45, 2.75) is 38.2 Å². The van der Waals surface area contributed by atoms with E-state index in [1.54, 1.807) is 0 Å². The molecule has 3 rings (SSSR count). The molecule has 1 aliphatic heterocycles. The molecule has 2 fully saturated rings. The summed E-state index contributed by atoms with van der Waals surface area (Å²) < 4.78 is 0. The third-order valence-corrected chi connectivity index (χ3v) is 6.04. The number of hydrogen-bond donors (Lipinski definition) is 2. The van der Waals surface area contributed by atoms with Crippen molar-refractivity contribution in [3.05, 3.63) is 34.9 Å². The first-order chi connectivity index (χ1) is 11.6. The Balaban J connectivity index is 1.55. The molecule has 0 radical (unpaired) electrons. The first-order valence-electron chi connectivity index (χ1n) is 9.02. The minimum absolute atomic E-state index is 0.118. The summed E-state index contributed by atoms with van der Waals surface area (Å²) in [6.45, 7) is 2.09. The molecule has 1 saturated carbocycles. The molecule has 5 heteroatoms. The molecule has 3 N–H and O–H groups in total. The summed E-state index contributed by atoms with van der Waals surface area (Å²) in [5.74, 6) is 0.953. The lowest BCUT2D eigenvalue weighted by Crippen LogP contribution is -2.44. The van der Waals surface area contributed by atoms with Crippen molar-refractivity contribution in [1.29, 1.82) is 0 Å². The van der Waals surface area contributed by atoms with Crippen LogP contribution in [0.25, 0.3) is 0 Å². The van der Waals surface area contributed by atoms with Gasteiger partial charge in [-0.05, 0) is 61.8 Å². The second-order valence-electron chi connectivity index (χ2n) is 7.19. The van der Waals surface area contributed by atoms with Gasteiger partial charge < -0.3 is 15.7 Å². The zero-order chi connectivity index (χ0) is 17.1. The van der Waals surface area contributed by atoms with Gasteiger partial charge in [0.1, 0.15) is 0 Å². The topological polar surface area (TPSA) is 66.6 Å². The number of amides is 1. The highest BCUT2D eigenvalue weighted by molar-refractivity contribution is 6.30. The molecule has 1 aromatic carbocycles. The van der Waals surface area contributed by atoms with E-state index in [-0.39, 0.29) is 17.7 Å². The quantitative estimate of drug-likeness (QED) is 0.877. The van der Waals surface area contributed by atoms with Gasteiger partial charge in [0, 0.05) is 24.0 Å². The molecule has 1 heterocycles. The molecule has 4 nitrogen and oxygen atoms in total. The number of benzene rings is 1. The van der Waals surface area contributed by atoms with Crippen molar-refractivity contribution >= 4 is 17.5 Å². The van der Waals surface area contributed by atoms with Crippen LogP contribution in [0.3, 0.4) is 0 Å². The van der Waals surface area contributed by atoms with Gasteiger partial charge in [0.05, 0.1) is 6.10 Å². The van der Waals surface area contributed by atoms with E-state index in [0.29, 0.717) is 17.5 Å². The van der Waals surface area contributed by atoms with Crippen LogP contribution in [0.5, 0.6) is 0 Å². The molecular formula is C19H27ClN2O2. The van der Waals surface area contributed by atoms with Gasteiger partial charge >= 0.3 is 0 Å². The normalized spacial score (nSPS) is 26.5. The molecule has 1 saturated heterocycles. The van der Waals surface area contributed by atoms with Gasteiger partial charge in [-0.25, -0.2) is 0 Å². The molecule has 0 spiro atoms. The number of halogens is 1. The van der Waals surface area contributed by atoms with Crippen molar-refractivity contribution in [2.24, 2.45) is 23.5 Å². The molecule has 1 unspecified atom stereocenters. The van der Waals surface area contributed by atoms with Crippen LogP contribution < -0.4 is 5.73 Å². The van der Waals surface area contributed by atoms with Crippen LogP contribution in [-0.4, -0.2) is 35.5 Å². The van der Waals surface area contributed by atoms with Crippen molar-refractivity contribution in [1.82, 2.24) is 4.90 Å². The molecule has 0 bridgehead atoms. The van der Waals surface area contributed by atoms with E-state index < -0.39 is 6.10 Å². The van der Waals surface area contributed by atoms with E-state index in [0.717, 1.165) is 50.8 Å². The minimum atomic E-state index is -0.484. The average Bonchev–Trinajstić information content (AvgIpc) is 3.10. The zero-order valence-corrected chi connectivity index (χ0v) is 14.8. The fourth-order valence-electron chi connectivity index (χ4n) is 4.25. The van der Waals surface area contributed by atoms with E-state index in [1.807, 2.05) is 29.2 Å². The summed E-state index contributed by atoms with van der Waals surface area (Å²) >= 11 is 5.91. The van der Waals surface area contributed by atoms with E-state index in [4.69, 9.17) is 17.3 Å². The van der Waals surface area contributed by atoms with Gasteiger partial charge in [0.2, 0.25) is 5.91 Å². The lowest BCUT2D eigenvalue weighted by molar-refractivity contribution is -0.138. The lowest BCUT2D eigenvalue weighted by atomic mass is 9.86. The maximum absolute atomic E-state index is 12.7. The molecule has 0 aromatic heterocycles. The van der Waals surface area contributed by atoms with E-state index in [9.17, 15) is 9.90 Å². The second-order valence-corrected chi connectivity index (χ2v) is 7.63. The number of rotatable bonds is 4. The first kappa shape index (κ1) is 17.7. The number of hydrogen-bond acceptors (Lipinski definition) is 3. The van der Waals surface area contributed by atoms with Gasteiger partial charge in [0.15, 0.2) is 0 Å². The van der Waals surface area contributed by atoms with E-state index in [2.05, 4.69) is 0 Å². The number of nitrogens with zero attached hydrogens (tertiary/aromatic N) is 1. The molecule has 1 amide bonds. The fourth-order valence-corrected chi connectivity index (χ4v) is 4.37. The summed E-state index contributed by atoms with van der Waals surface area (Å²) in [5.41, 5.74) is 6.72. The molecule has 3 atom stereocenters. The Hall–Kier alpha value is -1.10. The van der Waals surface area contributed by atoms with E-state index >= 15 is 0 Å². The highest BCUT2D eigenvalue weighted by Gasteiger charge is 2.36. The predicted octanol–water partition coefficient (Wildman–Crippen LogP) is 2.99. The SMILES string of the molecule is NC[C@H]1CCC[C@H]1C(=O)N1CCC(C(O)c2ccc(Cl)cc2)CC1. The zero-order valence-electron chi connectivity index (χ0n) is 14.0. The maximum atomic E-state index is 12.7. The molecule has 24 heavy (non-hydrogen) atoms. The largest absolute Gasteiger partial charge is 0.388 e. The summed E-state index contributed by atoms with van der Waals surface area (Å²) in [7, 11) is 0. The standard InChI is InChI=1S/C19H27ClN2O2/c20-16-6-4-13(5-7-16)18(23)14-8-10-22(11-9-14)19(24)17-3-1-2-15(17)12-21/h4-7,14-15,17-18,23H,1-3,8-12,21H2/t15-,17-,18?/m1/s1. The van der Waals surface area contributed by atoms with Gasteiger partial charge in [-0.2, -0.15) is 0 Å². The number of carbonyl (C=O) groups is 1. The number of carbonyl (C=O) groups excluding carboxylic acids is 1. The average molecular weight is 351 g/mol. The minimum Gasteiger partial charge on any atom is -0.388 e. The van der Waals surface area contributed by atoms with Crippen LogP contribution in [0, 0.1) is 17.8 Å². The molecule has 132 valence electrons. The third kappa shape index (κ3) is 3.76. The Morgan fingerprint density at radius 3 is 2.50 bits per heavy atom. The summed E-state index contributed by atoms with van der Waals surface area (Å²) in [6, 6.07) is 7.39. The number of likely N-dealkylation sites (tertiary alicyclic amines) is 1. The number of piperidine rings is 1. The van der Waals surface area contributed by atoms with Gasteiger partial charge in [0.25, 0.3) is 0 Å². The van der Waals surface area contributed by atoms with Crippen LogP contribution >= 0.6 is 11.6 Å². The lowest BCUT2D eigenvalue weighted by Gasteiger charge is -2.36. The van der Waals surface area contributed by atoms with Gasteiger partial charge in [-0.15, -0.1) is 0 Å². The number of aliphatic hydroxyl groups is 1. The van der Waals surface area contributed by atoms with Gasteiger partial charge in [-0.3, -0.25) is 4.79 Å². The molecular weight excluding hydrogens is 324 g/mol. The Labute approximate surface area is 149 Å². The Bertz CT molecular complexity index is 555. The maximum Gasteiger partial charge on any atom is 0.226 e. The number of nitrogens with two attached hydrogens (primary N) is 1. The first-order valence-corrected chi connectivity index (χ1v) is 9.40. The summed E-state index contributed by atoms with van der Waals surface area (Å²) in [5, 5.41) is 11.3. The monoisotopic (exact) mass is 350 g/mol. The van der Waals surface area contributed by atoms with Crippen molar-refractivity contribution in [3.8, 4) is 0 Å². The van der Waals surface area contributed by atoms with Crippen LogP contribution in [0.2, 0.25) is 5.02 Å². The van der Waals surface area contributed by atoms with Crippen LogP contribution in [0.1, 0.15) is 43.8 Å². The molecule has 1 aromatic rings. The fraction of sp³-hybridized carbons (Fsp3) is 0.632. The van der Waals surface area contributed by atoms with Crippen molar-refractivity contribution < 1.29 is 9.90 Å². The number of aliphatic hydroxyl groups excluding tert-OH is 1. The van der Waals surface area contributed by atoms with Crippen LogP contribution in [-0.2, 0) is 4.79 Å². The Morgan fingerprint density at radius 2 is 1.88 bits per heavy atom. The Kier molecular flexibility index (Phi) is 5.80. The predicted molar refractivity (Wildman–Crippen MR) is 95.6 cm³/mol. The Morgan fingerprint density at radius 1 is 1.21 bits per heavy atom. The second kappa shape index (κ2) is 7.85. The smallest absolute Gasteiger partial charge is 0.226 e. The summed E-state index contributed by atoms with van der Waals surface area (Å²) in [4.78, 5) is 14.7. The van der Waals surface area contributed by atoms with Crippen molar-refractivity contribution in [2.75, 3.05) is 19.6 Å². The van der Waals surface area contributed by atoms with Crippen LogP contribution in [0.15, 0.2) is 24.3 Å². The highest BCUT2D eigenvalue weighted by Crippen LogP contribution is 2.35. The van der Waals surface area contributed by atoms with Crippen molar-refractivity contribution in [3.63, 3.8) is 0 Å². The van der Waals surface area contributed by atoms with E-state index in [1.165, 1.54) is 0 Å². The summed E-state index contributed by atoms with van der Waals surface area (Å²) in [6.07, 6.45) is 4.38. The van der Waals surface area contributed by atoms with Crippen LogP contribution in [0.4, 0.5) is 0 Å². The highest BCUT2D eigenvalue weighted by atomic mass is 35.5. The molecule has 2 aliphatic rings. The van der Waals surface area contributed by atoms with Gasteiger partial charge in [-0.1, -0.05) is 30.2 Å². The molecule has 1 aliphatic carbocycles. The third-order valence-electron chi connectivity index (χ3n) is 5.79.